The smallest absolute Gasteiger partial charge is 0.334 e. The van der Waals surface area contributed by atoms with E-state index in [1.807, 2.05) is 24.3 Å². The van der Waals surface area contributed by atoms with Crippen molar-refractivity contribution in [3.8, 4) is 5.75 Å². The van der Waals surface area contributed by atoms with Gasteiger partial charge >= 0.3 is 5.97 Å². The van der Waals surface area contributed by atoms with Gasteiger partial charge in [-0.25, -0.2) is 4.79 Å². The number of fused-ring (bicyclic) bond motifs is 1. The van der Waals surface area contributed by atoms with Gasteiger partial charge in [0.25, 0.3) is 5.91 Å². The fourth-order valence-electron chi connectivity index (χ4n) is 2.34. The van der Waals surface area contributed by atoms with E-state index >= 15 is 0 Å². The van der Waals surface area contributed by atoms with E-state index in [4.69, 9.17) is 14.6 Å². The minimum absolute atomic E-state index is 0.0698. The highest BCUT2D eigenvalue weighted by molar-refractivity contribution is 7.99. The highest BCUT2D eigenvalue weighted by atomic mass is 32.2. The number of hydrogen-bond acceptors (Lipinski definition) is 5. The molecule has 1 aromatic rings. The lowest BCUT2D eigenvalue weighted by Gasteiger charge is -2.34. The molecule has 7 heteroatoms. The normalized spacial score (nSPS) is 24.9. The topological polar surface area (TPSA) is 76.1 Å². The van der Waals surface area contributed by atoms with E-state index in [1.54, 1.807) is 11.8 Å². The predicted molar refractivity (Wildman–Crippen MR) is 75.5 cm³/mol. The molecule has 1 saturated heterocycles. The predicted octanol–water partition coefficient (Wildman–Crippen LogP) is 0.852. The van der Waals surface area contributed by atoms with E-state index in [2.05, 4.69) is 0 Å². The van der Waals surface area contributed by atoms with Gasteiger partial charge in [-0.1, -0.05) is 12.1 Å². The van der Waals surface area contributed by atoms with Crippen LogP contribution in [0.1, 0.15) is 0 Å². The molecular formula is C14H15NO5S. The summed E-state index contributed by atoms with van der Waals surface area (Å²) in [5.41, 5.74) is 0. The molecular weight excluding hydrogens is 294 g/mol. The molecule has 21 heavy (non-hydrogen) atoms. The summed E-state index contributed by atoms with van der Waals surface area (Å²) in [6.45, 7) is 0.703. The summed E-state index contributed by atoms with van der Waals surface area (Å²) in [5.74, 6) is 0.0174. The molecule has 2 aliphatic heterocycles. The van der Waals surface area contributed by atoms with Gasteiger partial charge in [-0.2, -0.15) is 0 Å². The average Bonchev–Trinajstić information content (AvgIpc) is 2.53. The molecule has 1 fully saturated rings. The third kappa shape index (κ3) is 2.98. The van der Waals surface area contributed by atoms with Gasteiger partial charge in [0.05, 0.1) is 13.2 Å². The molecule has 0 spiro atoms. The van der Waals surface area contributed by atoms with Gasteiger partial charge in [0, 0.05) is 17.2 Å². The van der Waals surface area contributed by atoms with Crippen molar-refractivity contribution in [3.63, 3.8) is 0 Å². The van der Waals surface area contributed by atoms with Crippen molar-refractivity contribution in [1.82, 2.24) is 4.90 Å². The number of carbonyl (C=O) groups is 2. The number of morpholine rings is 1. The monoisotopic (exact) mass is 309 g/mol. The Labute approximate surface area is 126 Å². The van der Waals surface area contributed by atoms with Crippen LogP contribution >= 0.6 is 11.8 Å². The second-order valence-electron chi connectivity index (χ2n) is 4.85. The molecule has 0 bridgehead atoms. The number of amides is 1. The Balaban J connectivity index is 1.67. The maximum Gasteiger partial charge on any atom is 0.334 e. The summed E-state index contributed by atoms with van der Waals surface area (Å²) in [4.78, 5) is 26.0. The summed E-state index contributed by atoms with van der Waals surface area (Å²) < 4.78 is 10.9. The first-order valence-electron chi connectivity index (χ1n) is 6.67. The zero-order valence-corrected chi connectivity index (χ0v) is 12.0. The summed E-state index contributed by atoms with van der Waals surface area (Å²) in [5, 5.41) is 8.98. The Morgan fingerprint density at radius 3 is 2.90 bits per heavy atom. The molecule has 2 heterocycles. The molecule has 112 valence electrons. The molecule has 2 atom stereocenters. The third-order valence-corrected chi connectivity index (χ3v) is 4.56. The number of ether oxygens (including phenoxy) is 2. The summed E-state index contributed by atoms with van der Waals surface area (Å²) in [6.07, 6.45) is -1.52. The van der Waals surface area contributed by atoms with Crippen LogP contribution < -0.4 is 4.74 Å². The molecule has 0 aliphatic carbocycles. The van der Waals surface area contributed by atoms with Gasteiger partial charge < -0.3 is 19.5 Å². The third-order valence-electron chi connectivity index (χ3n) is 3.44. The number of thioether (sulfide) groups is 1. The number of hydrogen-bond donors (Lipinski definition) is 1. The van der Waals surface area contributed by atoms with Crippen LogP contribution in [0, 0.1) is 0 Å². The first-order chi connectivity index (χ1) is 10.1. The molecule has 6 nitrogen and oxygen atoms in total. The van der Waals surface area contributed by atoms with E-state index in [9.17, 15) is 9.59 Å². The lowest BCUT2D eigenvalue weighted by Crippen LogP contribution is -2.53. The first kappa shape index (κ1) is 14.2. The van der Waals surface area contributed by atoms with E-state index < -0.39 is 18.2 Å². The zero-order valence-electron chi connectivity index (χ0n) is 11.2. The van der Waals surface area contributed by atoms with Crippen molar-refractivity contribution < 1.29 is 24.2 Å². The fourth-order valence-corrected chi connectivity index (χ4v) is 3.32. The summed E-state index contributed by atoms with van der Waals surface area (Å²) >= 11 is 1.58. The van der Waals surface area contributed by atoms with Crippen molar-refractivity contribution in [2.75, 3.05) is 25.4 Å². The molecule has 0 radical (unpaired) electrons. The van der Waals surface area contributed by atoms with E-state index in [0.717, 1.165) is 4.90 Å². The summed E-state index contributed by atoms with van der Waals surface area (Å²) in [7, 11) is 0. The van der Waals surface area contributed by atoms with E-state index in [1.165, 1.54) is 4.90 Å². The maximum absolute atomic E-state index is 12.5. The van der Waals surface area contributed by atoms with E-state index in [-0.39, 0.29) is 19.1 Å². The molecule has 0 aromatic heterocycles. The SMILES string of the molecule is O=C(O)C1CN(C(=O)C2CSc3ccccc3O2)CCO1. The highest BCUT2D eigenvalue weighted by Crippen LogP contribution is 2.35. The minimum Gasteiger partial charge on any atom is -0.479 e. The second-order valence-corrected chi connectivity index (χ2v) is 5.91. The van der Waals surface area contributed by atoms with Crippen LogP contribution in [0.3, 0.4) is 0 Å². The van der Waals surface area contributed by atoms with Gasteiger partial charge in [0.2, 0.25) is 0 Å². The Kier molecular flexibility index (Phi) is 4.03. The van der Waals surface area contributed by atoms with Gasteiger partial charge in [-0.3, -0.25) is 4.79 Å². The largest absolute Gasteiger partial charge is 0.479 e. The van der Waals surface area contributed by atoms with Crippen LogP contribution in [0.15, 0.2) is 29.2 Å². The van der Waals surface area contributed by atoms with Crippen LogP contribution in [0.25, 0.3) is 0 Å². The van der Waals surface area contributed by atoms with Crippen LogP contribution in [-0.4, -0.2) is 59.5 Å². The van der Waals surface area contributed by atoms with E-state index in [0.29, 0.717) is 18.0 Å². The van der Waals surface area contributed by atoms with Crippen molar-refractivity contribution in [2.45, 2.75) is 17.1 Å². The van der Waals surface area contributed by atoms with Crippen molar-refractivity contribution in [2.24, 2.45) is 0 Å². The number of carboxylic acid groups (broad SMARTS) is 1. The molecule has 0 saturated carbocycles. The Morgan fingerprint density at radius 2 is 2.10 bits per heavy atom. The molecule has 3 rings (SSSR count). The molecule has 2 aliphatic rings. The number of rotatable bonds is 2. The maximum atomic E-state index is 12.5. The van der Waals surface area contributed by atoms with Crippen LogP contribution in [0.2, 0.25) is 0 Å². The standard InChI is InChI=1S/C14H15NO5S/c16-13(15-5-6-19-10(7-15)14(17)18)11-8-21-12-4-2-1-3-9(12)20-11/h1-4,10-11H,5-8H2,(H,17,18). The van der Waals surface area contributed by atoms with Gasteiger partial charge in [0.15, 0.2) is 12.2 Å². The minimum atomic E-state index is -1.04. The molecule has 1 N–H and O–H groups in total. The number of benzene rings is 1. The zero-order chi connectivity index (χ0) is 14.8. The lowest BCUT2D eigenvalue weighted by molar-refractivity contribution is -0.161. The van der Waals surface area contributed by atoms with Crippen LogP contribution in [-0.2, 0) is 14.3 Å². The summed E-state index contributed by atoms with van der Waals surface area (Å²) in [6, 6.07) is 7.58. The number of aliphatic carboxylic acids is 1. The van der Waals surface area contributed by atoms with Gasteiger partial charge in [0.1, 0.15) is 5.75 Å². The van der Waals surface area contributed by atoms with Crippen molar-refractivity contribution in [3.05, 3.63) is 24.3 Å². The Hall–Kier alpha value is -1.73. The number of para-hydroxylation sites is 1. The first-order valence-corrected chi connectivity index (χ1v) is 7.65. The molecule has 1 aromatic carbocycles. The average molecular weight is 309 g/mol. The number of nitrogens with zero attached hydrogens (tertiary/aromatic N) is 1. The quantitative estimate of drug-likeness (QED) is 0.873. The van der Waals surface area contributed by atoms with Gasteiger partial charge in [-0.05, 0) is 12.1 Å². The van der Waals surface area contributed by atoms with Crippen LogP contribution in [0.5, 0.6) is 5.75 Å². The van der Waals surface area contributed by atoms with Crippen molar-refractivity contribution in [1.29, 1.82) is 0 Å². The Morgan fingerprint density at radius 1 is 1.29 bits per heavy atom. The number of carbonyl (C=O) groups excluding carboxylic acids is 1. The van der Waals surface area contributed by atoms with Gasteiger partial charge in [-0.15, -0.1) is 11.8 Å². The molecule has 1 amide bonds. The lowest BCUT2D eigenvalue weighted by atomic mass is 10.2. The second kappa shape index (κ2) is 5.95. The fraction of sp³-hybridized carbons (Fsp3) is 0.429. The Bertz CT molecular complexity index is 564. The highest BCUT2D eigenvalue weighted by Gasteiger charge is 2.35. The number of carboxylic acids is 1. The van der Waals surface area contributed by atoms with Crippen LogP contribution in [0.4, 0.5) is 0 Å². The molecule has 2 unspecified atom stereocenters. The van der Waals surface area contributed by atoms with Crippen molar-refractivity contribution >= 4 is 23.6 Å².